The van der Waals surface area contributed by atoms with Crippen LogP contribution < -0.4 is 0 Å². The summed E-state index contributed by atoms with van der Waals surface area (Å²) in [5.41, 5.74) is 0.921. The number of rotatable bonds is 5. The first-order valence-corrected chi connectivity index (χ1v) is 6.90. The third-order valence-electron chi connectivity index (χ3n) is 2.31. The molecular formula is C13H16N2O2S. The SMILES string of the molecule is CC(C)OC(=O)CCSc1cccc2nccn12. The van der Waals surface area contributed by atoms with E-state index in [1.165, 1.54) is 0 Å². The van der Waals surface area contributed by atoms with E-state index >= 15 is 0 Å². The van der Waals surface area contributed by atoms with Crippen molar-refractivity contribution in [2.75, 3.05) is 5.75 Å². The molecule has 0 radical (unpaired) electrons. The minimum atomic E-state index is -0.143. The Labute approximate surface area is 110 Å². The van der Waals surface area contributed by atoms with Crippen LogP contribution in [0.3, 0.4) is 0 Å². The molecule has 0 fully saturated rings. The lowest BCUT2D eigenvalue weighted by Gasteiger charge is -2.08. The average molecular weight is 264 g/mol. The van der Waals surface area contributed by atoms with E-state index in [9.17, 15) is 4.79 Å². The van der Waals surface area contributed by atoms with Gasteiger partial charge in [-0.15, -0.1) is 11.8 Å². The van der Waals surface area contributed by atoms with Crippen molar-refractivity contribution in [2.24, 2.45) is 0 Å². The first kappa shape index (κ1) is 13.0. The summed E-state index contributed by atoms with van der Waals surface area (Å²) in [6, 6.07) is 5.95. The van der Waals surface area contributed by atoms with Crippen LogP contribution in [0, 0.1) is 0 Å². The van der Waals surface area contributed by atoms with E-state index in [0.717, 1.165) is 10.7 Å². The maximum Gasteiger partial charge on any atom is 0.306 e. The van der Waals surface area contributed by atoms with Crippen molar-refractivity contribution in [3.05, 3.63) is 30.6 Å². The van der Waals surface area contributed by atoms with Gasteiger partial charge >= 0.3 is 5.97 Å². The largest absolute Gasteiger partial charge is 0.463 e. The Kier molecular flexibility index (Phi) is 4.25. The lowest BCUT2D eigenvalue weighted by molar-refractivity contribution is -0.146. The van der Waals surface area contributed by atoms with Crippen LogP contribution >= 0.6 is 11.8 Å². The Hall–Kier alpha value is -1.49. The van der Waals surface area contributed by atoms with Crippen molar-refractivity contribution in [3.63, 3.8) is 0 Å². The predicted molar refractivity (Wildman–Crippen MR) is 71.8 cm³/mol. The molecule has 2 heterocycles. The highest BCUT2D eigenvalue weighted by atomic mass is 32.2. The maximum absolute atomic E-state index is 11.4. The second kappa shape index (κ2) is 5.91. The van der Waals surface area contributed by atoms with Crippen molar-refractivity contribution in [3.8, 4) is 0 Å². The van der Waals surface area contributed by atoms with Gasteiger partial charge in [0, 0.05) is 18.1 Å². The molecule has 0 aromatic carbocycles. The number of carbonyl (C=O) groups is 1. The second-order valence-electron chi connectivity index (χ2n) is 4.16. The van der Waals surface area contributed by atoms with E-state index in [1.807, 2.05) is 42.6 Å². The average Bonchev–Trinajstić information content (AvgIpc) is 2.76. The number of thioether (sulfide) groups is 1. The van der Waals surface area contributed by atoms with E-state index in [0.29, 0.717) is 12.2 Å². The number of fused-ring (bicyclic) bond motifs is 1. The number of aromatic nitrogens is 2. The van der Waals surface area contributed by atoms with Crippen LogP contribution in [-0.2, 0) is 9.53 Å². The zero-order valence-corrected chi connectivity index (χ0v) is 11.3. The fraction of sp³-hybridized carbons (Fsp3) is 0.385. The Bertz CT molecular complexity index is 537. The number of carbonyl (C=O) groups excluding carboxylic acids is 1. The minimum Gasteiger partial charge on any atom is -0.463 e. The van der Waals surface area contributed by atoms with Gasteiger partial charge in [0.1, 0.15) is 5.65 Å². The summed E-state index contributed by atoms with van der Waals surface area (Å²) in [7, 11) is 0. The molecule has 2 aromatic heterocycles. The molecule has 0 unspecified atom stereocenters. The second-order valence-corrected chi connectivity index (χ2v) is 5.27. The smallest absolute Gasteiger partial charge is 0.306 e. The molecule has 0 spiro atoms. The van der Waals surface area contributed by atoms with Gasteiger partial charge in [-0.05, 0) is 26.0 Å². The Balaban J connectivity index is 1.90. The molecule has 0 atom stereocenters. The Morgan fingerprint density at radius 1 is 1.50 bits per heavy atom. The summed E-state index contributed by atoms with van der Waals surface area (Å²) in [6.07, 6.45) is 4.07. The molecular weight excluding hydrogens is 248 g/mol. The lowest BCUT2D eigenvalue weighted by Crippen LogP contribution is -2.11. The summed E-state index contributed by atoms with van der Waals surface area (Å²) in [5, 5.41) is 1.09. The van der Waals surface area contributed by atoms with Gasteiger partial charge in [-0.3, -0.25) is 9.20 Å². The molecule has 0 aliphatic rings. The van der Waals surface area contributed by atoms with Gasteiger partial charge in [-0.25, -0.2) is 4.98 Å². The van der Waals surface area contributed by atoms with Crippen LogP contribution in [0.4, 0.5) is 0 Å². The van der Waals surface area contributed by atoms with Crippen LogP contribution in [0.1, 0.15) is 20.3 Å². The summed E-state index contributed by atoms with van der Waals surface area (Å²) in [6.45, 7) is 3.72. The van der Waals surface area contributed by atoms with Gasteiger partial charge in [0.25, 0.3) is 0 Å². The van der Waals surface area contributed by atoms with Gasteiger partial charge < -0.3 is 4.74 Å². The van der Waals surface area contributed by atoms with Gasteiger partial charge in [-0.1, -0.05) is 6.07 Å². The topological polar surface area (TPSA) is 43.6 Å². The highest BCUT2D eigenvalue weighted by Gasteiger charge is 2.07. The van der Waals surface area contributed by atoms with E-state index in [4.69, 9.17) is 4.74 Å². The normalized spacial score (nSPS) is 11.1. The number of hydrogen-bond donors (Lipinski definition) is 0. The molecule has 0 amide bonds. The monoisotopic (exact) mass is 264 g/mol. The van der Waals surface area contributed by atoms with Crippen molar-refractivity contribution in [1.29, 1.82) is 0 Å². The first-order chi connectivity index (χ1) is 8.66. The highest BCUT2D eigenvalue weighted by Crippen LogP contribution is 2.20. The third-order valence-corrected chi connectivity index (χ3v) is 3.35. The van der Waals surface area contributed by atoms with E-state index in [2.05, 4.69) is 4.98 Å². The van der Waals surface area contributed by atoms with Gasteiger partial charge in [-0.2, -0.15) is 0 Å². The van der Waals surface area contributed by atoms with Gasteiger partial charge in [0.05, 0.1) is 17.6 Å². The molecule has 0 N–H and O–H groups in total. The predicted octanol–water partition coefficient (Wildman–Crippen LogP) is 2.77. The van der Waals surface area contributed by atoms with E-state index in [-0.39, 0.29) is 12.1 Å². The molecule has 0 saturated carbocycles. The summed E-state index contributed by atoms with van der Waals surface area (Å²) >= 11 is 1.63. The number of hydrogen-bond acceptors (Lipinski definition) is 4. The minimum absolute atomic E-state index is 0.0421. The third kappa shape index (κ3) is 3.26. The van der Waals surface area contributed by atoms with Crippen molar-refractivity contribution in [1.82, 2.24) is 9.38 Å². The standard InChI is InChI=1S/C13H16N2O2S/c1-10(2)17-13(16)6-9-18-12-5-3-4-11-14-7-8-15(11)12/h3-5,7-8,10H,6,9H2,1-2H3. The molecule has 2 aromatic rings. The summed E-state index contributed by atoms with van der Waals surface area (Å²) in [4.78, 5) is 15.6. The van der Waals surface area contributed by atoms with Crippen LogP contribution in [0.5, 0.6) is 0 Å². The van der Waals surface area contributed by atoms with Crippen LogP contribution in [-0.4, -0.2) is 27.2 Å². The zero-order chi connectivity index (χ0) is 13.0. The van der Waals surface area contributed by atoms with Gasteiger partial charge in [0.15, 0.2) is 0 Å². The Morgan fingerprint density at radius 3 is 3.11 bits per heavy atom. The maximum atomic E-state index is 11.4. The molecule has 0 saturated heterocycles. The fourth-order valence-corrected chi connectivity index (χ4v) is 2.55. The lowest BCUT2D eigenvalue weighted by atomic mass is 10.4. The molecule has 0 aliphatic heterocycles. The molecule has 2 rings (SSSR count). The van der Waals surface area contributed by atoms with Crippen molar-refractivity contribution in [2.45, 2.75) is 31.4 Å². The van der Waals surface area contributed by atoms with Crippen LogP contribution in [0.2, 0.25) is 0 Å². The summed E-state index contributed by atoms with van der Waals surface area (Å²) < 4.78 is 7.10. The number of pyridine rings is 1. The first-order valence-electron chi connectivity index (χ1n) is 5.91. The molecule has 0 aliphatic carbocycles. The number of ether oxygens (including phenoxy) is 1. The van der Waals surface area contributed by atoms with Crippen LogP contribution in [0.15, 0.2) is 35.6 Å². The molecule has 18 heavy (non-hydrogen) atoms. The van der Waals surface area contributed by atoms with E-state index < -0.39 is 0 Å². The molecule has 4 nitrogen and oxygen atoms in total. The number of imidazole rings is 1. The van der Waals surface area contributed by atoms with Crippen molar-refractivity contribution < 1.29 is 9.53 Å². The van der Waals surface area contributed by atoms with Crippen molar-refractivity contribution >= 4 is 23.4 Å². The number of nitrogens with zero attached hydrogens (tertiary/aromatic N) is 2. The number of esters is 1. The fourth-order valence-electron chi connectivity index (χ4n) is 1.60. The quantitative estimate of drug-likeness (QED) is 0.615. The molecule has 0 bridgehead atoms. The van der Waals surface area contributed by atoms with Crippen LogP contribution in [0.25, 0.3) is 5.65 Å². The van der Waals surface area contributed by atoms with E-state index in [1.54, 1.807) is 18.0 Å². The molecule has 96 valence electrons. The summed E-state index contributed by atoms with van der Waals surface area (Å²) in [5.74, 6) is 0.568. The Morgan fingerprint density at radius 2 is 2.33 bits per heavy atom. The highest BCUT2D eigenvalue weighted by molar-refractivity contribution is 7.99. The zero-order valence-electron chi connectivity index (χ0n) is 10.5. The van der Waals surface area contributed by atoms with Gasteiger partial charge in [0.2, 0.25) is 0 Å². The molecule has 5 heteroatoms.